The third kappa shape index (κ3) is 4.22. The third-order valence-corrected chi connectivity index (χ3v) is 3.97. The van der Waals surface area contributed by atoms with E-state index in [0.717, 1.165) is 12.2 Å². The van der Waals surface area contributed by atoms with Crippen LogP contribution in [-0.4, -0.2) is 34.7 Å². The minimum atomic E-state index is -0.717. The summed E-state index contributed by atoms with van der Waals surface area (Å²) in [6.07, 6.45) is 2.65. The molecule has 19 heavy (non-hydrogen) atoms. The lowest BCUT2D eigenvalue weighted by atomic mass is 10.0. The molecule has 1 aliphatic heterocycles. The molecule has 0 saturated carbocycles. The van der Waals surface area contributed by atoms with Crippen LogP contribution in [0.2, 0.25) is 0 Å². The summed E-state index contributed by atoms with van der Waals surface area (Å²) >= 11 is 0. The SMILES string of the molecule is CC(Nc1cccc(CN2CCCC2)c1)C(C)(C)O. The second-order valence-electron chi connectivity index (χ2n) is 6.20. The molecule has 1 fully saturated rings. The standard InChI is InChI=1S/C16H26N2O/c1-13(16(2,3)19)17-15-8-6-7-14(11-15)12-18-9-4-5-10-18/h6-8,11,13,17,19H,4-5,9-10,12H2,1-3H3. The molecular formula is C16H26N2O. The number of nitrogens with zero attached hydrogens (tertiary/aromatic N) is 1. The van der Waals surface area contributed by atoms with Crippen LogP contribution in [0.5, 0.6) is 0 Å². The number of hydrogen-bond acceptors (Lipinski definition) is 3. The van der Waals surface area contributed by atoms with E-state index in [2.05, 4.69) is 34.5 Å². The Bertz CT molecular complexity index is 405. The summed E-state index contributed by atoms with van der Waals surface area (Å²) in [5.74, 6) is 0. The zero-order valence-corrected chi connectivity index (χ0v) is 12.3. The summed E-state index contributed by atoms with van der Waals surface area (Å²) in [5.41, 5.74) is 1.71. The summed E-state index contributed by atoms with van der Waals surface area (Å²) in [7, 11) is 0. The van der Waals surface area contributed by atoms with Crippen LogP contribution >= 0.6 is 0 Å². The lowest BCUT2D eigenvalue weighted by Crippen LogP contribution is -2.39. The van der Waals surface area contributed by atoms with Crippen LogP contribution in [0.25, 0.3) is 0 Å². The van der Waals surface area contributed by atoms with Crippen molar-refractivity contribution in [1.82, 2.24) is 4.90 Å². The van der Waals surface area contributed by atoms with Gasteiger partial charge in [0.05, 0.1) is 11.6 Å². The van der Waals surface area contributed by atoms with Crippen LogP contribution in [0.3, 0.4) is 0 Å². The minimum absolute atomic E-state index is 0.0227. The summed E-state index contributed by atoms with van der Waals surface area (Å²) in [6, 6.07) is 8.55. The van der Waals surface area contributed by atoms with Gasteiger partial charge in [0, 0.05) is 12.2 Å². The molecule has 1 unspecified atom stereocenters. The van der Waals surface area contributed by atoms with Crippen LogP contribution < -0.4 is 5.32 Å². The third-order valence-electron chi connectivity index (χ3n) is 3.97. The highest BCUT2D eigenvalue weighted by Gasteiger charge is 2.22. The van der Waals surface area contributed by atoms with Crippen molar-refractivity contribution in [3.05, 3.63) is 29.8 Å². The molecule has 2 N–H and O–H groups in total. The summed E-state index contributed by atoms with van der Waals surface area (Å²) in [5, 5.41) is 13.4. The topological polar surface area (TPSA) is 35.5 Å². The average Bonchev–Trinajstić information content (AvgIpc) is 2.81. The highest BCUT2D eigenvalue weighted by Crippen LogP contribution is 2.19. The van der Waals surface area contributed by atoms with E-state index < -0.39 is 5.60 Å². The summed E-state index contributed by atoms with van der Waals surface area (Å²) in [4.78, 5) is 2.50. The zero-order chi connectivity index (χ0) is 13.9. The lowest BCUT2D eigenvalue weighted by Gasteiger charge is -2.28. The maximum Gasteiger partial charge on any atom is 0.0789 e. The van der Waals surface area contributed by atoms with Crippen LogP contribution in [0, 0.1) is 0 Å². The van der Waals surface area contributed by atoms with E-state index in [9.17, 15) is 5.11 Å². The molecule has 1 aromatic rings. The second kappa shape index (κ2) is 5.93. The molecule has 0 aliphatic carbocycles. The molecule has 106 valence electrons. The van der Waals surface area contributed by atoms with E-state index in [1.54, 1.807) is 0 Å². The number of benzene rings is 1. The Labute approximate surface area is 116 Å². The van der Waals surface area contributed by atoms with Crippen molar-refractivity contribution in [2.75, 3.05) is 18.4 Å². The van der Waals surface area contributed by atoms with Gasteiger partial charge in [0.1, 0.15) is 0 Å². The van der Waals surface area contributed by atoms with Gasteiger partial charge in [0.25, 0.3) is 0 Å². The molecule has 0 aromatic heterocycles. The van der Waals surface area contributed by atoms with Gasteiger partial charge in [-0.3, -0.25) is 4.90 Å². The van der Waals surface area contributed by atoms with Crippen molar-refractivity contribution < 1.29 is 5.11 Å². The number of aliphatic hydroxyl groups is 1. The molecule has 1 atom stereocenters. The predicted molar refractivity (Wildman–Crippen MR) is 80.3 cm³/mol. The van der Waals surface area contributed by atoms with Gasteiger partial charge in [-0.2, -0.15) is 0 Å². The first-order valence-corrected chi connectivity index (χ1v) is 7.25. The van der Waals surface area contributed by atoms with Gasteiger partial charge >= 0.3 is 0 Å². The largest absolute Gasteiger partial charge is 0.388 e. The first kappa shape index (κ1) is 14.4. The molecule has 0 spiro atoms. The lowest BCUT2D eigenvalue weighted by molar-refractivity contribution is 0.0649. The molecule has 0 radical (unpaired) electrons. The average molecular weight is 262 g/mol. The van der Waals surface area contributed by atoms with Crippen LogP contribution in [-0.2, 0) is 6.54 Å². The fraction of sp³-hybridized carbons (Fsp3) is 0.625. The van der Waals surface area contributed by atoms with Gasteiger partial charge in [-0.1, -0.05) is 12.1 Å². The molecule has 1 saturated heterocycles. The monoisotopic (exact) mass is 262 g/mol. The van der Waals surface area contributed by atoms with Crippen LogP contribution in [0.1, 0.15) is 39.2 Å². The van der Waals surface area contributed by atoms with E-state index in [-0.39, 0.29) is 6.04 Å². The Balaban J connectivity index is 1.98. The van der Waals surface area contributed by atoms with Gasteiger partial charge in [0.15, 0.2) is 0 Å². The van der Waals surface area contributed by atoms with Crippen molar-refractivity contribution in [1.29, 1.82) is 0 Å². The number of nitrogens with one attached hydrogen (secondary N) is 1. The summed E-state index contributed by atoms with van der Waals surface area (Å²) in [6.45, 7) is 9.15. The van der Waals surface area contributed by atoms with Gasteiger partial charge in [-0.15, -0.1) is 0 Å². The number of likely N-dealkylation sites (tertiary alicyclic amines) is 1. The predicted octanol–water partition coefficient (Wildman–Crippen LogP) is 2.85. The van der Waals surface area contributed by atoms with Crippen molar-refractivity contribution in [2.24, 2.45) is 0 Å². The Morgan fingerprint density at radius 2 is 2.00 bits per heavy atom. The van der Waals surface area contributed by atoms with Crippen molar-refractivity contribution in [2.45, 2.75) is 51.8 Å². The number of anilines is 1. The molecular weight excluding hydrogens is 236 g/mol. The molecule has 3 heteroatoms. The highest BCUT2D eigenvalue weighted by molar-refractivity contribution is 5.46. The minimum Gasteiger partial charge on any atom is -0.388 e. The molecule has 1 aliphatic rings. The second-order valence-corrected chi connectivity index (χ2v) is 6.20. The van der Waals surface area contributed by atoms with Crippen LogP contribution in [0.15, 0.2) is 24.3 Å². The fourth-order valence-corrected chi connectivity index (χ4v) is 2.39. The van der Waals surface area contributed by atoms with Gasteiger partial charge in [-0.05, 0) is 64.4 Å². The Kier molecular flexibility index (Phi) is 4.48. The molecule has 2 rings (SSSR count). The quantitative estimate of drug-likeness (QED) is 0.856. The van der Waals surface area contributed by atoms with Gasteiger partial charge < -0.3 is 10.4 Å². The van der Waals surface area contributed by atoms with Gasteiger partial charge in [-0.25, -0.2) is 0 Å². The Hall–Kier alpha value is -1.06. The fourth-order valence-electron chi connectivity index (χ4n) is 2.39. The Morgan fingerprint density at radius 3 is 2.63 bits per heavy atom. The van der Waals surface area contributed by atoms with Crippen molar-refractivity contribution in [3.8, 4) is 0 Å². The molecule has 1 aromatic carbocycles. The first-order chi connectivity index (χ1) is 8.95. The first-order valence-electron chi connectivity index (χ1n) is 7.25. The van der Waals surface area contributed by atoms with E-state index in [1.807, 2.05) is 20.8 Å². The maximum atomic E-state index is 9.98. The maximum absolute atomic E-state index is 9.98. The highest BCUT2D eigenvalue weighted by atomic mass is 16.3. The van der Waals surface area contributed by atoms with E-state index in [0.29, 0.717) is 0 Å². The molecule has 0 bridgehead atoms. The van der Waals surface area contributed by atoms with Crippen molar-refractivity contribution >= 4 is 5.69 Å². The summed E-state index contributed by atoms with van der Waals surface area (Å²) < 4.78 is 0. The normalized spacial score (nSPS) is 18.5. The van der Waals surface area contributed by atoms with E-state index in [1.165, 1.54) is 31.5 Å². The van der Waals surface area contributed by atoms with Gasteiger partial charge in [0.2, 0.25) is 0 Å². The van der Waals surface area contributed by atoms with E-state index >= 15 is 0 Å². The van der Waals surface area contributed by atoms with Crippen molar-refractivity contribution in [3.63, 3.8) is 0 Å². The molecule has 3 nitrogen and oxygen atoms in total. The molecule has 1 heterocycles. The van der Waals surface area contributed by atoms with E-state index in [4.69, 9.17) is 0 Å². The number of hydrogen-bond donors (Lipinski definition) is 2. The Morgan fingerprint density at radius 1 is 1.32 bits per heavy atom. The molecule has 0 amide bonds. The number of rotatable bonds is 5. The van der Waals surface area contributed by atoms with Crippen LogP contribution in [0.4, 0.5) is 5.69 Å². The smallest absolute Gasteiger partial charge is 0.0789 e. The zero-order valence-electron chi connectivity index (χ0n) is 12.3.